The van der Waals surface area contributed by atoms with E-state index in [1.54, 1.807) is 36.1 Å². The third-order valence-corrected chi connectivity index (χ3v) is 4.61. The summed E-state index contributed by atoms with van der Waals surface area (Å²) in [6.45, 7) is 8.26. The highest BCUT2D eigenvalue weighted by atomic mass is 16.4. The summed E-state index contributed by atoms with van der Waals surface area (Å²) in [5.74, 6) is -1.66. The number of carboxylic acid groups (broad SMARTS) is 1. The minimum absolute atomic E-state index is 0.0146. The first kappa shape index (κ1) is 19.9. The van der Waals surface area contributed by atoms with Crippen molar-refractivity contribution < 1.29 is 19.5 Å². The Labute approximate surface area is 154 Å². The second kappa shape index (κ2) is 7.89. The fourth-order valence-electron chi connectivity index (χ4n) is 3.12. The molecular weight excluding hydrogens is 332 g/mol. The summed E-state index contributed by atoms with van der Waals surface area (Å²) < 4.78 is 0. The molecule has 2 atom stereocenters. The smallest absolute Gasteiger partial charge is 0.310 e. The molecule has 0 aromatic heterocycles. The van der Waals surface area contributed by atoms with Crippen molar-refractivity contribution in [1.29, 1.82) is 0 Å². The number of anilines is 1. The Kier molecular flexibility index (Phi) is 6.05. The maximum absolute atomic E-state index is 12.6. The number of likely N-dealkylation sites (tertiary alicyclic amines) is 1. The maximum atomic E-state index is 12.6. The van der Waals surface area contributed by atoms with E-state index < -0.39 is 17.9 Å². The van der Waals surface area contributed by atoms with Gasteiger partial charge in [-0.05, 0) is 42.9 Å². The van der Waals surface area contributed by atoms with Gasteiger partial charge in [0.15, 0.2) is 0 Å². The molecule has 2 unspecified atom stereocenters. The summed E-state index contributed by atoms with van der Waals surface area (Å²) in [7, 11) is 0. The number of rotatable bonds is 5. The lowest BCUT2D eigenvalue weighted by molar-refractivity contribution is -0.138. The number of hydrogen-bond acceptors (Lipinski definition) is 3. The second-order valence-electron chi connectivity index (χ2n) is 8.15. The number of carbonyl (C=O) groups is 3. The molecule has 0 spiro atoms. The molecular formula is C20H28N2O4. The number of amides is 2. The molecule has 142 valence electrons. The Balaban J connectivity index is 2.02. The third-order valence-electron chi connectivity index (χ3n) is 4.61. The van der Waals surface area contributed by atoms with Crippen LogP contribution in [0.4, 0.5) is 5.69 Å². The van der Waals surface area contributed by atoms with Crippen molar-refractivity contribution in [2.24, 2.45) is 5.41 Å². The van der Waals surface area contributed by atoms with Gasteiger partial charge in [0.1, 0.15) is 6.04 Å². The van der Waals surface area contributed by atoms with Crippen LogP contribution in [0.25, 0.3) is 0 Å². The number of aliphatic carboxylic acids is 1. The van der Waals surface area contributed by atoms with Crippen molar-refractivity contribution in [3.8, 4) is 0 Å². The molecule has 2 amide bonds. The molecule has 0 radical (unpaired) electrons. The van der Waals surface area contributed by atoms with E-state index in [2.05, 4.69) is 5.32 Å². The molecule has 1 heterocycles. The third kappa shape index (κ3) is 5.07. The number of carbonyl (C=O) groups excluding carboxylic acids is 2. The van der Waals surface area contributed by atoms with Crippen molar-refractivity contribution in [3.63, 3.8) is 0 Å². The number of nitrogens with zero attached hydrogens (tertiary/aromatic N) is 1. The first-order chi connectivity index (χ1) is 12.1. The fourth-order valence-corrected chi connectivity index (χ4v) is 3.12. The van der Waals surface area contributed by atoms with Gasteiger partial charge in [0.05, 0.1) is 5.92 Å². The molecule has 6 heteroatoms. The lowest BCUT2D eigenvalue weighted by atomic mass is 9.91. The zero-order valence-electron chi connectivity index (χ0n) is 15.9. The molecule has 6 nitrogen and oxygen atoms in total. The molecule has 1 saturated heterocycles. The number of hydrogen-bond donors (Lipinski definition) is 2. The van der Waals surface area contributed by atoms with Gasteiger partial charge in [-0.15, -0.1) is 0 Å². The molecule has 0 saturated carbocycles. The minimum atomic E-state index is -0.888. The van der Waals surface area contributed by atoms with Crippen LogP contribution in [-0.4, -0.2) is 40.4 Å². The molecule has 1 aromatic carbocycles. The average Bonchev–Trinajstić information content (AvgIpc) is 3.03. The summed E-state index contributed by atoms with van der Waals surface area (Å²) in [4.78, 5) is 37.8. The van der Waals surface area contributed by atoms with Crippen molar-refractivity contribution in [3.05, 3.63) is 29.8 Å². The zero-order valence-corrected chi connectivity index (χ0v) is 15.9. The summed E-state index contributed by atoms with van der Waals surface area (Å²) in [5, 5.41) is 11.9. The van der Waals surface area contributed by atoms with Crippen molar-refractivity contribution >= 4 is 23.5 Å². The maximum Gasteiger partial charge on any atom is 0.310 e. The Morgan fingerprint density at radius 1 is 1.23 bits per heavy atom. The van der Waals surface area contributed by atoms with Crippen LogP contribution in [0.3, 0.4) is 0 Å². The second-order valence-corrected chi connectivity index (χ2v) is 8.15. The van der Waals surface area contributed by atoms with E-state index in [1.807, 2.05) is 20.8 Å². The SMILES string of the molecule is CC(C(=O)O)c1ccc(NC(=O)C2CCCN2C(=O)CC(C)(C)C)cc1. The normalized spacial score (nSPS) is 18.5. The summed E-state index contributed by atoms with van der Waals surface area (Å²) in [6, 6.07) is 6.35. The lowest BCUT2D eigenvalue weighted by Crippen LogP contribution is -2.44. The van der Waals surface area contributed by atoms with Crippen LogP contribution < -0.4 is 5.32 Å². The van der Waals surface area contributed by atoms with Crippen LogP contribution in [0.2, 0.25) is 0 Å². The largest absolute Gasteiger partial charge is 0.481 e. The molecule has 0 bridgehead atoms. The van der Waals surface area contributed by atoms with Gasteiger partial charge < -0.3 is 15.3 Å². The van der Waals surface area contributed by atoms with Crippen LogP contribution in [0.5, 0.6) is 0 Å². The van der Waals surface area contributed by atoms with Gasteiger partial charge in [0.2, 0.25) is 11.8 Å². The predicted molar refractivity (Wildman–Crippen MR) is 99.9 cm³/mol. The topological polar surface area (TPSA) is 86.7 Å². The van der Waals surface area contributed by atoms with E-state index in [-0.39, 0.29) is 17.2 Å². The van der Waals surface area contributed by atoms with Crippen molar-refractivity contribution in [2.75, 3.05) is 11.9 Å². The predicted octanol–water partition coefficient (Wildman–Crippen LogP) is 3.24. The van der Waals surface area contributed by atoms with Crippen LogP contribution >= 0.6 is 0 Å². The molecule has 0 aliphatic carbocycles. The molecule has 1 aliphatic heterocycles. The zero-order chi connectivity index (χ0) is 19.5. The molecule has 1 aromatic rings. The molecule has 2 rings (SSSR count). The van der Waals surface area contributed by atoms with E-state index in [1.165, 1.54) is 0 Å². The molecule has 1 aliphatic rings. The van der Waals surface area contributed by atoms with Gasteiger partial charge in [-0.2, -0.15) is 0 Å². The first-order valence-corrected chi connectivity index (χ1v) is 9.01. The minimum Gasteiger partial charge on any atom is -0.481 e. The van der Waals surface area contributed by atoms with Gasteiger partial charge in [0, 0.05) is 18.7 Å². The quantitative estimate of drug-likeness (QED) is 0.844. The Morgan fingerprint density at radius 2 is 1.85 bits per heavy atom. The fraction of sp³-hybridized carbons (Fsp3) is 0.550. The van der Waals surface area contributed by atoms with Crippen LogP contribution in [0.15, 0.2) is 24.3 Å². The van der Waals surface area contributed by atoms with Crippen molar-refractivity contribution in [1.82, 2.24) is 4.90 Å². The summed E-state index contributed by atoms with van der Waals surface area (Å²) >= 11 is 0. The lowest BCUT2D eigenvalue weighted by Gasteiger charge is -2.27. The molecule has 1 fully saturated rings. The Bertz CT molecular complexity index is 676. The average molecular weight is 360 g/mol. The summed E-state index contributed by atoms with van der Waals surface area (Å²) in [6.07, 6.45) is 1.90. The number of benzene rings is 1. The summed E-state index contributed by atoms with van der Waals surface area (Å²) in [5.41, 5.74) is 1.17. The van der Waals surface area contributed by atoms with E-state index in [0.717, 1.165) is 6.42 Å². The number of carboxylic acids is 1. The van der Waals surface area contributed by atoms with Gasteiger partial charge >= 0.3 is 5.97 Å². The standard InChI is InChI=1S/C20H28N2O4/c1-13(19(25)26)14-7-9-15(10-8-14)21-18(24)16-6-5-11-22(16)17(23)12-20(2,3)4/h7-10,13,16H,5-6,11-12H2,1-4H3,(H,21,24)(H,25,26). The van der Waals surface area contributed by atoms with Crippen LogP contribution in [0.1, 0.15) is 58.4 Å². The number of nitrogens with one attached hydrogen (secondary N) is 1. The van der Waals surface area contributed by atoms with E-state index in [9.17, 15) is 14.4 Å². The van der Waals surface area contributed by atoms with Gasteiger partial charge in [-0.25, -0.2) is 0 Å². The first-order valence-electron chi connectivity index (χ1n) is 9.01. The van der Waals surface area contributed by atoms with E-state index in [0.29, 0.717) is 30.6 Å². The Hall–Kier alpha value is -2.37. The molecule has 2 N–H and O–H groups in total. The van der Waals surface area contributed by atoms with Gasteiger partial charge in [0.25, 0.3) is 0 Å². The van der Waals surface area contributed by atoms with Crippen LogP contribution in [-0.2, 0) is 14.4 Å². The highest BCUT2D eigenvalue weighted by molar-refractivity contribution is 5.97. The van der Waals surface area contributed by atoms with Crippen LogP contribution in [0, 0.1) is 5.41 Å². The van der Waals surface area contributed by atoms with Crippen molar-refractivity contribution in [2.45, 2.75) is 58.9 Å². The van der Waals surface area contributed by atoms with Gasteiger partial charge in [-0.1, -0.05) is 32.9 Å². The highest BCUT2D eigenvalue weighted by Gasteiger charge is 2.35. The Morgan fingerprint density at radius 3 is 2.38 bits per heavy atom. The highest BCUT2D eigenvalue weighted by Crippen LogP contribution is 2.26. The van der Waals surface area contributed by atoms with E-state index in [4.69, 9.17) is 5.11 Å². The van der Waals surface area contributed by atoms with Gasteiger partial charge in [-0.3, -0.25) is 14.4 Å². The monoisotopic (exact) mass is 360 g/mol. The molecule has 26 heavy (non-hydrogen) atoms. The van der Waals surface area contributed by atoms with E-state index >= 15 is 0 Å².